The van der Waals surface area contributed by atoms with E-state index in [0.717, 1.165) is 14.8 Å². The standard InChI is InChI=1S/C12H11ClN2S/c13-8-1-3-9(4-2-8)16-10-5-6-11(14)12(15)7-10/h1-7H,14-15H2. The minimum atomic E-state index is 0.610. The molecule has 0 atom stereocenters. The summed E-state index contributed by atoms with van der Waals surface area (Å²) in [6.07, 6.45) is 0. The van der Waals surface area contributed by atoms with Gasteiger partial charge in [-0.15, -0.1) is 0 Å². The van der Waals surface area contributed by atoms with E-state index in [9.17, 15) is 0 Å². The minimum Gasteiger partial charge on any atom is -0.397 e. The molecule has 0 aliphatic carbocycles. The van der Waals surface area contributed by atoms with E-state index in [1.165, 1.54) is 0 Å². The molecule has 0 aromatic heterocycles. The lowest BCUT2D eigenvalue weighted by atomic mass is 10.3. The molecule has 4 N–H and O–H groups in total. The highest BCUT2D eigenvalue weighted by Crippen LogP contribution is 2.31. The lowest BCUT2D eigenvalue weighted by molar-refractivity contribution is 1.41. The highest BCUT2D eigenvalue weighted by atomic mass is 35.5. The molecule has 0 saturated carbocycles. The molecule has 0 amide bonds. The normalized spacial score (nSPS) is 10.3. The molecular formula is C12H11ClN2S. The summed E-state index contributed by atoms with van der Waals surface area (Å²) in [5, 5.41) is 0.737. The van der Waals surface area contributed by atoms with Crippen molar-refractivity contribution >= 4 is 34.7 Å². The van der Waals surface area contributed by atoms with Crippen LogP contribution < -0.4 is 11.5 Å². The van der Waals surface area contributed by atoms with Gasteiger partial charge >= 0.3 is 0 Å². The van der Waals surface area contributed by atoms with Crippen molar-refractivity contribution in [2.24, 2.45) is 0 Å². The van der Waals surface area contributed by atoms with E-state index in [4.69, 9.17) is 23.1 Å². The number of halogens is 1. The van der Waals surface area contributed by atoms with Crippen molar-refractivity contribution in [2.45, 2.75) is 9.79 Å². The van der Waals surface area contributed by atoms with Gasteiger partial charge in [-0.25, -0.2) is 0 Å². The first-order valence-corrected chi connectivity index (χ1v) is 5.93. The van der Waals surface area contributed by atoms with Gasteiger partial charge in [-0.3, -0.25) is 0 Å². The van der Waals surface area contributed by atoms with Crippen molar-refractivity contribution < 1.29 is 0 Å². The molecule has 82 valence electrons. The molecule has 2 aromatic rings. The van der Waals surface area contributed by atoms with Gasteiger partial charge in [0.25, 0.3) is 0 Å². The van der Waals surface area contributed by atoms with Gasteiger partial charge in [-0.2, -0.15) is 0 Å². The second-order valence-electron chi connectivity index (χ2n) is 3.35. The summed E-state index contributed by atoms with van der Waals surface area (Å²) in [6.45, 7) is 0. The molecule has 16 heavy (non-hydrogen) atoms. The van der Waals surface area contributed by atoms with Crippen LogP contribution in [0.3, 0.4) is 0 Å². The molecule has 0 aliphatic heterocycles. The summed E-state index contributed by atoms with van der Waals surface area (Å²) in [5.74, 6) is 0. The molecule has 0 unspecified atom stereocenters. The topological polar surface area (TPSA) is 52.0 Å². The average molecular weight is 251 g/mol. The number of hydrogen-bond acceptors (Lipinski definition) is 3. The Labute approximate surface area is 104 Å². The van der Waals surface area contributed by atoms with Crippen LogP contribution in [-0.4, -0.2) is 0 Å². The molecule has 0 saturated heterocycles. The van der Waals surface area contributed by atoms with Crippen LogP contribution in [-0.2, 0) is 0 Å². The zero-order chi connectivity index (χ0) is 11.5. The van der Waals surface area contributed by atoms with E-state index in [1.54, 1.807) is 11.8 Å². The van der Waals surface area contributed by atoms with Gasteiger partial charge in [0.1, 0.15) is 0 Å². The third kappa shape index (κ3) is 2.62. The SMILES string of the molecule is Nc1ccc(Sc2ccc(Cl)cc2)cc1N. The van der Waals surface area contributed by atoms with Crippen LogP contribution >= 0.6 is 23.4 Å². The van der Waals surface area contributed by atoms with Crippen LogP contribution in [0.5, 0.6) is 0 Å². The Bertz CT molecular complexity index is 497. The monoisotopic (exact) mass is 250 g/mol. The Hall–Kier alpha value is -1.32. The van der Waals surface area contributed by atoms with Gasteiger partial charge in [-0.05, 0) is 42.5 Å². The van der Waals surface area contributed by atoms with Crippen LogP contribution in [0.25, 0.3) is 0 Å². The van der Waals surface area contributed by atoms with Crippen LogP contribution in [0.15, 0.2) is 52.3 Å². The molecule has 0 heterocycles. The van der Waals surface area contributed by atoms with E-state index in [1.807, 2.05) is 42.5 Å². The lowest BCUT2D eigenvalue weighted by Crippen LogP contribution is -1.93. The second-order valence-corrected chi connectivity index (χ2v) is 4.93. The number of hydrogen-bond donors (Lipinski definition) is 2. The fourth-order valence-electron chi connectivity index (χ4n) is 1.26. The van der Waals surface area contributed by atoms with E-state index < -0.39 is 0 Å². The van der Waals surface area contributed by atoms with Gasteiger partial charge in [0, 0.05) is 14.8 Å². The number of nitrogens with two attached hydrogens (primary N) is 2. The van der Waals surface area contributed by atoms with Crippen molar-refractivity contribution in [1.82, 2.24) is 0 Å². The largest absolute Gasteiger partial charge is 0.397 e. The Morgan fingerprint density at radius 2 is 1.44 bits per heavy atom. The van der Waals surface area contributed by atoms with Crippen molar-refractivity contribution in [3.63, 3.8) is 0 Å². The Morgan fingerprint density at radius 3 is 2.06 bits per heavy atom. The average Bonchev–Trinajstić information content (AvgIpc) is 2.27. The maximum absolute atomic E-state index is 5.81. The summed E-state index contributed by atoms with van der Waals surface area (Å²) < 4.78 is 0. The van der Waals surface area contributed by atoms with Crippen LogP contribution in [0.4, 0.5) is 11.4 Å². The molecule has 0 radical (unpaired) electrons. The molecule has 0 spiro atoms. The lowest BCUT2D eigenvalue weighted by Gasteiger charge is -2.04. The van der Waals surface area contributed by atoms with Gasteiger partial charge < -0.3 is 11.5 Å². The number of nitrogen functional groups attached to an aromatic ring is 2. The van der Waals surface area contributed by atoms with Gasteiger partial charge in [0.2, 0.25) is 0 Å². The first-order chi connectivity index (χ1) is 7.65. The molecule has 2 nitrogen and oxygen atoms in total. The quantitative estimate of drug-likeness (QED) is 0.800. The van der Waals surface area contributed by atoms with E-state index in [-0.39, 0.29) is 0 Å². The predicted octanol–water partition coefficient (Wildman–Crippen LogP) is 3.66. The Balaban J connectivity index is 2.20. The van der Waals surface area contributed by atoms with E-state index >= 15 is 0 Å². The van der Waals surface area contributed by atoms with Crippen molar-refractivity contribution in [1.29, 1.82) is 0 Å². The van der Waals surface area contributed by atoms with E-state index in [2.05, 4.69) is 0 Å². The van der Waals surface area contributed by atoms with Crippen molar-refractivity contribution in [3.05, 3.63) is 47.5 Å². The summed E-state index contributed by atoms with van der Waals surface area (Å²) in [4.78, 5) is 2.18. The van der Waals surface area contributed by atoms with Gasteiger partial charge in [0.05, 0.1) is 11.4 Å². The molecule has 2 rings (SSSR count). The summed E-state index contributed by atoms with van der Waals surface area (Å²) in [7, 11) is 0. The van der Waals surface area contributed by atoms with Crippen LogP contribution in [0.1, 0.15) is 0 Å². The molecule has 0 bridgehead atoms. The maximum Gasteiger partial charge on any atom is 0.0559 e. The first kappa shape index (κ1) is 11.2. The fourth-order valence-corrected chi connectivity index (χ4v) is 2.25. The molecule has 2 aromatic carbocycles. The number of benzene rings is 2. The van der Waals surface area contributed by atoms with Crippen molar-refractivity contribution in [2.75, 3.05) is 11.5 Å². The molecule has 4 heteroatoms. The Kier molecular flexibility index (Phi) is 3.27. The summed E-state index contributed by atoms with van der Waals surface area (Å²) in [6, 6.07) is 13.3. The summed E-state index contributed by atoms with van der Waals surface area (Å²) in [5.41, 5.74) is 12.6. The molecule has 0 fully saturated rings. The fraction of sp³-hybridized carbons (Fsp3) is 0. The number of anilines is 2. The predicted molar refractivity (Wildman–Crippen MR) is 70.8 cm³/mol. The van der Waals surface area contributed by atoms with Gasteiger partial charge in [-0.1, -0.05) is 23.4 Å². The molecule has 0 aliphatic rings. The maximum atomic E-state index is 5.81. The first-order valence-electron chi connectivity index (χ1n) is 4.73. The van der Waals surface area contributed by atoms with Gasteiger partial charge in [0.15, 0.2) is 0 Å². The minimum absolute atomic E-state index is 0.610. The smallest absolute Gasteiger partial charge is 0.0559 e. The molecular weight excluding hydrogens is 240 g/mol. The highest BCUT2D eigenvalue weighted by molar-refractivity contribution is 7.99. The van der Waals surface area contributed by atoms with Crippen molar-refractivity contribution in [3.8, 4) is 0 Å². The number of rotatable bonds is 2. The third-order valence-electron chi connectivity index (χ3n) is 2.11. The Morgan fingerprint density at radius 1 is 0.812 bits per heavy atom. The summed E-state index contributed by atoms with van der Waals surface area (Å²) >= 11 is 7.44. The van der Waals surface area contributed by atoms with Crippen LogP contribution in [0, 0.1) is 0 Å². The zero-order valence-corrected chi connectivity index (χ0v) is 10.1. The van der Waals surface area contributed by atoms with Crippen LogP contribution in [0.2, 0.25) is 5.02 Å². The highest BCUT2D eigenvalue weighted by Gasteiger charge is 2.00. The zero-order valence-electron chi connectivity index (χ0n) is 8.48. The second kappa shape index (κ2) is 4.68. The third-order valence-corrected chi connectivity index (χ3v) is 3.36. The van der Waals surface area contributed by atoms with E-state index in [0.29, 0.717) is 11.4 Å².